The Balaban J connectivity index is 0.00000312. The highest BCUT2D eigenvalue weighted by molar-refractivity contribution is 14.0. The molecule has 0 atom stereocenters. The summed E-state index contributed by atoms with van der Waals surface area (Å²) in [6.45, 7) is 8.27. The second kappa shape index (κ2) is 10.1. The van der Waals surface area contributed by atoms with Gasteiger partial charge in [-0.15, -0.1) is 35.3 Å². The van der Waals surface area contributed by atoms with Gasteiger partial charge in [0.15, 0.2) is 5.96 Å². The molecule has 4 nitrogen and oxygen atoms in total. The van der Waals surface area contributed by atoms with Crippen LogP contribution in [-0.4, -0.2) is 36.5 Å². The molecule has 0 aliphatic carbocycles. The summed E-state index contributed by atoms with van der Waals surface area (Å²) < 4.78 is 0. The smallest absolute Gasteiger partial charge is 0.193 e. The Bertz CT molecular complexity index is 662. The third kappa shape index (κ3) is 6.93. The lowest BCUT2D eigenvalue weighted by molar-refractivity contribution is 0.477. The predicted octanol–water partition coefficient (Wildman–Crippen LogP) is 4.31. The molecule has 25 heavy (non-hydrogen) atoms. The molecule has 2 rings (SSSR count). The Morgan fingerprint density at radius 2 is 1.92 bits per heavy atom. The van der Waals surface area contributed by atoms with Crippen LogP contribution in [0, 0.1) is 0 Å². The number of benzene rings is 1. The summed E-state index contributed by atoms with van der Waals surface area (Å²) in [7, 11) is 3.88. The van der Waals surface area contributed by atoms with Crippen molar-refractivity contribution in [1.29, 1.82) is 0 Å². The normalized spacial score (nSPS) is 11.8. The maximum absolute atomic E-state index is 4.74. The van der Waals surface area contributed by atoms with Crippen LogP contribution in [0.2, 0.25) is 0 Å². The number of hydrogen-bond acceptors (Lipinski definition) is 3. The highest BCUT2D eigenvalue weighted by Crippen LogP contribution is 2.23. The fraction of sp³-hybridized carbons (Fsp3) is 0.474. The summed E-state index contributed by atoms with van der Waals surface area (Å²) in [6.07, 6.45) is 0.916. The van der Waals surface area contributed by atoms with E-state index in [2.05, 4.69) is 72.7 Å². The first-order chi connectivity index (χ1) is 11.4. The first-order valence-electron chi connectivity index (χ1n) is 8.30. The molecule has 1 aromatic carbocycles. The number of guanidine groups is 1. The molecule has 0 saturated heterocycles. The Morgan fingerprint density at radius 3 is 2.48 bits per heavy atom. The van der Waals surface area contributed by atoms with Gasteiger partial charge in [0.1, 0.15) is 0 Å². The lowest BCUT2D eigenvalue weighted by atomic mass is 9.93. The van der Waals surface area contributed by atoms with Crippen LogP contribution in [0.1, 0.15) is 37.0 Å². The number of aliphatic imine (C=N–C) groups is 1. The van der Waals surface area contributed by atoms with Crippen molar-refractivity contribution in [2.75, 3.05) is 20.6 Å². The molecule has 0 spiro atoms. The molecule has 1 aromatic heterocycles. The first kappa shape index (κ1) is 21.9. The van der Waals surface area contributed by atoms with E-state index in [9.17, 15) is 0 Å². The van der Waals surface area contributed by atoms with E-state index in [-0.39, 0.29) is 29.4 Å². The van der Waals surface area contributed by atoms with Crippen molar-refractivity contribution in [1.82, 2.24) is 15.2 Å². The van der Waals surface area contributed by atoms with Crippen LogP contribution in [-0.2, 0) is 18.4 Å². The van der Waals surface area contributed by atoms with Crippen LogP contribution in [0.15, 0.2) is 40.7 Å². The molecule has 138 valence electrons. The van der Waals surface area contributed by atoms with E-state index in [1.165, 1.54) is 16.3 Å². The van der Waals surface area contributed by atoms with Crippen LogP contribution < -0.4 is 5.32 Å². The molecule has 0 aliphatic rings. The number of halogens is 1. The number of thiazole rings is 1. The summed E-state index contributed by atoms with van der Waals surface area (Å²) >= 11 is 1.74. The Morgan fingerprint density at radius 1 is 1.24 bits per heavy atom. The minimum absolute atomic E-state index is 0. The molecule has 1 heterocycles. The van der Waals surface area contributed by atoms with Gasteiger partial charge in [0.2, 0.25) is 0 Å². The molecule has 0 amide bonds. The topological polar surface area (TPSA) is 40.5 Å². The Hall–Kier alpha value is -1.15. The van der Waals surface area contributed by atoms with Crippen LogP contribution in [0.5, 0.6) is 0 Å². The van der Waals surface area contributed by atoms with Crippen molar-refractivity contribution in [2.24, 2.45) is 4.99 Å². The average molecular weight is 472 g/mol. The standard InChI is InChI=1S/C19H28N4S.HI/c1-19(2,3)16-14-24-17(22-16)11-12-21-18(20-4)23(5)13-15-9-7-6-8-10-15;/h6-10,14H,11-13H2,1-5H3,(H,20,21);1H. The molecular weight excluding hydrogens is 443 g/mol. The van der Waals surface area contributed by atoms with Gasteiger partial charge >= 0.3 is 0 Å². The van der Waals surface area contributed by atoms with Gasteiger partial charge in [-0.2, -0.15) is 0 Å². The molecule has 2 aromatic rings. The van der Waals surface area contributed by atoms with E-state index in [1.54, 1.807) is 11.3 Å². The molecule has 0 bridgehead atoms. The minimum atomic E-state index is 0. The van der Waals surface area contributed by atoms with Crippen molar-refractivity contribution in [3.05, 3.63) is 52.0 Å². The van der Waals surface area contributed by atoms with Crippen molar-refractivity contribution in [2.45, 2.75) is 39.2 Å². The maximum atomic E-state index is 4.74. The summed E-state index contributed by atoms with van der Waals surface area (Å²) in [5, 5.41) is 6.78. The van der Waals surface area contributed by atoms with Gasteiger partial charge in [-0.25, -0.2) is 4.98 Å². The lowest BCUT2D eigenvalue weighted by Crippen LogP contribution is -2.39. The van der Waals surface area contributed by atoms with Gasteiger partial charge in [-0.1, -0.05) is 51.1 Å². The maximum Gasteiger partial charge on any atom is 0.193 e. The van der Waals surface area contributed by atoms with E-state index in [4.69, 9.17) is 4.98 Å². The average Bonchev–Trinajstić information content (AvgIpc) is 3.01. The number of nitrogens with zero attached hydrogens (tertiary/aromatic N) is 3. The van der Waals surface area contributed by atoms with Crippen molar-refractivity contribution in [3.8, 4) is 0 Å². The molecule has 0 fully saturated rings. The second-order valence-electron chi connectivity index (χ2n) is 6.94. The molecular formula is C19H29IN4S. The SMILES string of the molecule is CN=C(NCCc1nc(C(C)(C)C)cs1)N(C)Cc1ccccc1.I. The Labute approximate surface area is 172 Å². The molecule has 0 saturated carbocycles. The van der Waals surface area contributed by atoms with E-state index >= 15 is 0 Å². The van der Waals surface area contributed by atoms with Gasteiger partial charge in [0.05, 0.1) is 10.7 Å². The molecule has 1 N–H and O–H groups in total. The van der Waals surface area contributed by atoms with Crippen LogP contribution in [0.25, 0.3) is 0 Å². The number of aromatic nitrogens is 1. The number of nitrogens with one attached hydrogen (secondary N) is 1. The fourth-order valence-corrected chi connectivity index (χ4v) is 3.39. The monoisotopic (exact) mass is 472 g/mol. The predicted molar refractivity (Wildman–Crippen MR) is 119 cm³/mol. The van der Waals surface area contributed by atoms with E-state index in [0.29, 0.717) is 0 Å². The zero-order chi connectivity index (χ0) is 17.6. The third-order valence-electron chi connectivity index (χ3n) is 3.78. The zero-order valence-electron chi connectivity index (χ0n) is 15.7. The van der Waals surface area contributed by atoms with E-state index in [0.717, 1.165) is 25.5 Å². The van der Waals surface area contributed by atoms with E-state index in [1.807, 2.05) is 13.1 Å². The van der Waals surface area contributed by atoms with Crippen molar-refractivity contribution < 1.29 is 0 Å². The first-order valence-corrected chi connectivity index (χ1v) is 9.18. The lowest BCUT2D eigenvalue weighted by Gasteiger charge is -2.22. The van der Waals surface area contributed by atoms with Crippen LogP contribution in [0.4, 0.5) is 0 Å². The van der Waals surface area contributed by atoms with Gasteiger partial charge in [0, 0.05) is 44.4 Å². The Kier molecular flexibility index (Phi) is 8.85. The zero-order valence-corrected chi connectivity index (χ0v) is 18.9. The van der Waals surface area contributed by atoms with E-state index < -0.39 is 0 Å². The van der Waals surface area contributed by atoms with Crippen molar-refractivity contribution in [3.63, 3.8) is 0 Å². The molecule has 0 unspecified atom stereocenters. The van der Waals surface area contributed by atoms with Gasteiger partial charge in [-0.3, -0.25) is 4.99 Å². The second-order valence-corrected chi connectivity index (χ2v) is 7.88. The van der Waals surface area contributed by atoms with Crippen LogP contribution in [0.3, 0.4) is 0 Å². The van der Waals surface area contributed by atoms with Gasteiger partial charge < -0.3 is 10.2 Å². The summed E-state index contributed by atoms with van der Waals surface area (Å²) in [4.78, 5) is 11.3. The molecule has 6 heteroatoms. The highest BCUT2D eigenvalue weighted by Gasteiger charge is 2.17. The third-order valence-corrected chi connectivity index (χ3v) is 4.69. The number of hydrogen-bond donors (Lipinski definition) is 1. The summed E-state index contributed by atoms with van der Waals surface area (Å²) in [5.74, 6) is 0.909. The highest BCUT2D eigenvalue weighted by atomic mass is 127. The number of rotatable bonds is 5. The van der Waals surface area contributed by atoms with Crippen molar-refractivity contribution >= 4 is 41.3 Å². The fourth-order valence-electron chi connectivity index (χ4n) is 2.37. The molecule has 0 radical (unpaired) electrons. The van der Waals surface area contributed by atoms with Gasteiger partial charge in [0.25, 0.3) is 0 Å². The quantitative estimate of drug-likeness (QED) is 0.401. The minimum Gasteiger partial charge on any atom is -0.356 e. The van der Waals surface area contributed by atoms with Crippen LogP contribution >= 0.6 is 35.3 Å². The largest absolute Gasteiger partial charge is 0.356 e. The summed E-state index contributed by atoms with van der Waals surface area (Å²) in [6, 6.07) is 10.4. The summed E-state index contributed by atoms with van der Waals surface area (Å²) in [5.41, 5.74) is 2.57. The van der Waals surface area contributed by atoms with Gasteiger partial charge in [-0.05, 0) is 5.56 Å². The molecule has 0 aliphatic heterocycles.